The number of fused-ring (bicyclic) bond motifs is 1. The van der Waals surface area contributed by atoms with Crippen molar-refractivity contribution in [3.8, 4) is 0 Å². The summed E-state index contributed by atoms with van der Waals surface area (Å²) >= 11 is 5.13. The Labute approximate surface area is 171 Å². The minimum absolute atomic E-state index is 0.0497. The van der Waals surface area contributed by atoms with Crippen molar-refractivity contribution in [1.82, 2.24) is 14.6 Å². The lowest BCUT2D eigenvalue weighted by Gasteiger charge is -2.36. The van der Waals surface area contributed by atoms with Crippen molar-refractivity contribution < 1.29 is 33.0 Å². The molecule has 0 radical (unpaired) electrons. The number of rotatable bonds is 5. The Bertz CT molecular complexity index is 945. The number of esters is 1. The van der Waals surface area contributed by atoms with Crippen LogP contribution in [0.15, 0.2) is 17.1 Å². The monoisotopic (exact) mass is 449 g/mol. The molecule has 6 atom stereocenters. The number of aliphatic hydroxyl groups is 1. The molecule has 2 saturated heterocycles. The Kier molecular flexibility index (Phi) is 6.17. The first-order valence-electron chi connectivity index (χ1n) is 9.03. The summed E-state index contributed by atoms with van der Waals surface area (Å²) in [6.07, 6.45) is -1.75. The lowest BCUT2D eigenvalue weighted by molar-refractivity contribution is -0.149. The van der Waals surface area contributed by atoms with Gasteiger partial charge in [-0.25, -0.2) is 9.65 Å². The molecule has 2 aliphatic rings. The van der Waals surface area contributed by atoms with Crippen molar-refractivity contribution in [2.75, 3.05) is 6.61 Å². The fourth-order valence-electron chi connectivity index (χ4n) is 3.20. The highest BCUT2D eigenvalue weighted by atomic mass is 32.1. The molecule has 0 aliphatic carbocycles. The summed E-state index contributed by atoms with van der Waals surface area (Å²) in [5, 5.41) is 13.6. The fourth-order valence-corrected chi connectivity index (χ4v) is 5.22. The van der Waals surface area contributed by atoms with Gasteiger partial charge in [0.15, 0.2) is 11.0 Å². The molecule has 29 heavy (non-hydrogen) atoms. The van der Waals surface area contributed by atoms with Crippen molar-refractivity contribution >= 4 is 25.9 Å². The number of nitrogens with one attached hydrogen (secondary N) is 2. The third kappa shape index (κ3) is 4.53. The molecule has 11 nitrogen and oxygen atoms in total. The topological polar surface area (TPSA) is 141 Å². The van der Waals surface area contributed by atoms with Crippen LogP contribution >= 0.6 is 20.0 Å². The van der Waals surface area contributed by atoms with Gasteiger partial charge in [0, 0.05) is 12.3 Å². The Hall–Kier alpha value is -1.40. The van der Waals surface area contributed by atoms with Gasteiger partial charge >= 0.3 is 13.7 Å². The highest BCUT2D eigenvalue weighted by Crippen LogP contribution is 2.55. The van der Waals surface area contributed by atoms with Gasteiger partial charge in [-0.3, -0.25) is 28.2 Å². The normalized spacial score (nSPS) is 35.3. The number of carbonyl (C=O) groups is 1. The van der Waals surface area contributed by atoms with Crippen LogP contribution in [0.2, 0.25) is 0 Å². The number of H-pyrrole nitrogens is 1. The van der Waals surface area contributed by atoms with Gasteiger partial charge in [-0.15, -0.1) is 0 Å². The lowest BCUT2D eigenvalue weighted by atomic mass is 9.96. The average molecular weight is 449 g/mol. The van der Waals surface area contributed by atoms with Crippen molar-refractivity contribution in [3.63, 3.8) is 0 Å². The Morgan fingerprint density at radius 1 is 1.52 bits per heavy atom. The van der Waals surface area contributed by atoms with E-state index in [1.165, 1.54) is 30.7 Å². The Balaban J connectivity index is 1.79. The SMILES string of the molecule is CC(C)OC(=O)[C@H](C)NP1(=O)OC[C@H]2O[C@@H](n3ccc(=O)[nH]c3=S)[C@](C)(O)C2O1. The first-order valence-corrected chi connectivity index (χ1v) is 11.0. The molecule has 3 rings (SSSR count). The fraction of sp³-hybridized carbons (Fsp3) is 0.688. The maximum Gasteiger partial charge on any atom is 0.406 e. The van der Waals surface area contributed by atoms with E-state index in [0.29, 0.717) is 0 Å². The maximum atomic E-state index is 13.0. The molecule has 2 aliphatic heterocycles. The number of aromatic amines is 1. The minimum atomic E-state index is -3.94. The number of aromatic nitrogens is 2. The van der Waals surface area contributed by atoms with E-state index in [0.717, 1.165) is 0 Å². The Morgan fingerprint density at radius 3 is 2.83 bits per heavy atom. The van der Waals surface area contributed by atoms with E-state index in [1.807, 2.05) is 0 Å². The van der Waals surface area contributed by atoms with Gasteiger partial charge in [0.25, 0.3) is 5.56 Å². The van der Waals surface area contributed by atoms with Gasteiger partial charge in [-0.2, -0.15) is 0 Å². The largest absolute Gasteiger partial charge is 0.462 e. The number of hydrogen-bond donors (Lipinski definition) is 3. The van der Waals surface area contributed by atoms with Crippen molar-refractivity contribution in [3.05, 3.63) is 27.4 Å². The number of carbonyl (C=O) groups excluding carboxylic acids is 1. The van der Waals surface area contributed by atoms with Gasteiger partial charge in [0.05, 0.1) is 12.7 Å². The molecular weight excluding hydrogens is 425 g/mol. The second kappa shape index (κ2) is 8.03. The van der Waals surface area contributed by atoms with Crippen molar-refractivity contribution in [2.24, 2.45) is 0 Å². The van der Waals surface area contributed by atoms with Gasteiger partial charge in [-0.1, -0.05) is 0 Å². The second-order valence-corrected chi connectivity index (χ2v) is 9.53. The van der Waals surface area contributed by atoms with E-state index in [-0.39, 0.29) is 17.5 Å². The van der Waals surface area contributed by atoms with Crippen LogP contribution in [0.25, 0.3) is 0 Å². The third-order valence-electron chi connectivity index (χ3n) is 4.54. The smallest absolute Gasteiger partial charge is 0.406 e. The molecule has 0 amide bonds. The minimum Gasteiger partial charge on any atom is -0.462 e. The molecule has 2 fully saturated rings. The number of ether oxygens (including phenoxy) is 2. The van der Waals surface area contributed by atoms with Crippen molar-refractivity contribution in [1.29, 1.82) is 0 Å². The predicted octanol–water partition coefficient (Wildman–Crippen LogP) is 1.01. The summed E-state index contributed by atoms with van der Waals surface area (Å²) in [5.74, 6) is -0.614. The van der Waals surface area contributed by atoms with E-state index in [9.17, 15) is 19.3 Å². The van der Waals surface area contributed by atoms with E-state index >= 15 is 0 Å². The zero-order chi connectivity index (χ0) is 21.6. The summed E-state index contributed by atoms with van der Waals surface area (Å²) < 4.78 is 36.2. The molecule has 3 N–H and O–H groups in total. The molecule has 0 saturated carbocycles. The van der Waals surface area contributed by atoms with Crippen LogP contribution in [0.3, 0.4) is 0 Å². The lowest BCUT2D eigenvalue weighted by Crippen LogP contribution is -2.49. The van der Waals surface area contributed by atoms with Crippen LogP contribution in [0.5, 0.6) is 0 Å². The molecule has 13 heteroatoms. The van der Waals surface area contributed by atoms with Crippen LogP contribution in [-0.4, -0.2) is 57.2 Å². The quantitative estimate of drug-likeness (QED) is 0.339. The van der Waals surface area contributed by atoms with Gasteiger partial charge in [0.2, 0.25) is 0 Å². The van der Waals surface area contributed by atoms with E-state index in [1.54, 1.807) is 13.8 Å². The van der Waals surface area contributed by atoms with Crippen LogP contribution in [0.1, 0.15) is 33.9 Å². The summed E-state index contributed by atoms with van der Waals surface area (Å²) in [4.78, 5) is 25.9. The maximum absolute atomic E-state index is 13.0. The molecule has 0 spiro atoms. The average Bonchev–Trinajstić information content (AvgIpc) is 2.85. The van der Waals surface area contributed by atoms with Crippen LogP contribution in [0, 0.1) is 4.77 Å². The van der Waals surface area contributed by atoms with E-state index in [2.05, 4.69) is 10.1 Å². The zero-order valence-corrected chi connectivity index (χ0v) is 18.1. The first-order chi connectivity index (χ1) is 13.4. The molecule has 162 valence electrons. The molecular formula is C16H24N3O8PS. The second-order valence-electron chi connectivity index (χ2n) is 7.43. The van der Waals surface area contributed by atoms with Crippen molar-refractivity contribution in [2.45, 2.75) is 63.9 Å². The summed E-state index contributed by atoms with van der Waals surface area (Å²) in [6.45, 7) is 6.15. The van der Waals surface area contributed by atoms with Gasteiger partial charge in [0.1, 0.15) is 23.9 Å². The molecule has 1 aromatic heterocycles. The van der Waals surface area contributed by atoms with Gasteiger partial charge < -0.3 is 14.6 Å². The molecule has 1 aromatic rings. The Morgan fingerprint density at radius 2 is 2.21 bits per heavy atom. The van der Waals surface area contributed by atoms with Crippen LogP contribution in [0.4, 0.5) is 0 Å². The van der Waals surface area contributed by atoms with Crippen LogP contribution < -0.4 is 10.6 Å². The molecule has 0 aromatic carbocycles. The predicted molar refractivity (Wildman–Crippen MR) is 103 cm³/mol. The molecule has 0 bridgehead atoms. The number of nitrogens with zero attached hydrogens (tertiary/aromatic N) is 1. The van der Waals surface area contributed by atoms with E-state index < -0.39 is 49.4 Å². The standard InChI is InChI=1S/C16H24N3O8PS/c1-8(2)25-13(21)9(3)18-28(23)24-7-10-12(27-28)16(4,22)14(26-10)19-6-5-11(20)17-15(19)29/h5-6,8-10,12,14,22H,7H2,1-4H3,(H,18,23)(H,17,20,29)/t9-,10+,12?,14+,16+,28?/m0/s1. The molecule has 3 heterocycles. The number of hydrogen-bond acceptors (Lipinski definition) is 9. The highest BCUT2D eigenvalue weighted by Gasteiger charge is 2.59. The third-order valence-corrected chi connectivity index (χ3v) is 6.55. The summed E-state index contributed by atoms with van der Waals surface area (Å²) in [7, 11) is -3.94. The van der Waals surface area contributed by atoms with E-state index in [4.69, 9.17) is 30.7 Å². The summed E-state index contributed by atoms with van der Waals surface area (Å²) in [5.41, 5.74) is -2.05. The highest BCUT2D eigenvalue weighted by molar-refractivity contribution is 7.71. The first kappa shape index (κ1) is 22.3. The van der Waals surface area contributed by atoms with Crippen LogP contribution in [-0.2, 0) is 27.9 Å². The summed E-state index contributed by atoms with van der Waals surface area (Å²) in [6, 6.07) is 0.277. The zero-order valence-electron chi connectivity index (χ0n) is 16.4. The van der Waals surface area contributed by atoms with Gasteiger partial charge in [-0.05, 0) is 39.9 Å². The molecule has 2 unspecified atom stereocenters.